The summed E-state index contributed by atoms with van der Waals surface area (Å²) in [5, 5.41) is 9.53. The molecule has 3 heterocycles. The molecule has 0 N–H and O–H groups in total. The zero-order valence-electron chi connectivity index (χ0n) is 59.2. The van der Waals surface area contributed by atoms with Gasteiger partial charge in [-0.2, -0.15) is 18.2 Å². The standard InChI is InChI=1S/C83H72N4OSi2.Pt/c1-82(2,3)56-61-51-80(84-57-74(61)59-30-14-9-15-31-59)87-75-45-25-24-44-71(75)72-49-48-65(55-78(72)87)88-64-34-29-33-63(54-64)85-58-86(77-47-27-26-46-76(77)85)81-73(52-62(83(4,5)6)53-79(81)89(7,8)66-35-16-10-17-36-66)60-32-28-43-70(50-60)90(67-37-18-11-19-38-67,68-39-20-12-21-40-68)69-41-22-13-23-42-69;/h9-53,57H,56H2,1-8H3;/q-2;/i9D,14D,15D,30D,31D,56D2;. The van der Waals surface area contributed by atoms with Gasteiger partial charge in [0.1, 0.15) is 13.9 Å². The van der Waals surface area contributed by atoms with E-state index < -0.39 is 58.1 Å². The molecule has 3 aromatic heterocycles. The van der Waals surface area contributed by atoms with Crippen molar-refractivity contribution in [2.24, 2.45) is 5.41 Å². The molecule has 0 atom stereocenters. The fourth-order valence-corrected chi connectivity index (χ4v) is 20.5. The van der Waals surface area contributed by atoms with Gasteiger partial charge < -0.3 is 13.9 Å². The van der Waals surface area contributed by atoms with Gasteiger partial charge in [-0.1, -0.05) is 296 Å². The van der Waals surface area contributed by atoms with Crippen molar-refractivity contribution in [1.82, 2.24) is 14.1 Å². The predicted molar refractivity (Wildman–Crippen MR) is 380 cm³/mol. The second kappa shape index (κ2) is 24.5. The molecule has 450 valence electrons. The Balaban J connectivity index is 0.00000864. The summed E-state index contributed by atoms with van der Waals surface area (Å²) in [6, 6.07) is 91.1. The fraction of sp³-hybridized carbons (Fsp3) is 0.133. The van der Waals surface area contributed by atoms with Crippen LogP contribution in [0, 0.1) is 23.9 Å². The molecule has 0 fully saturated rings. The Morgan fingerprint density at radius 3 is 1.77 bits per heavy atom. The van der Waals surface area contributed by atoms with Crippen LogP contribution in [-0.4, -0.2) is 30.3 Å². The van der Waals surface area contributed by atoms with Crippen molar-refractivity contribution >= 4 is 80.1 Å². The summed E-state index contributed by atoms with van der Waals surface area (Å²) >= 11 is 0. The van der Waals surface area contributed by atoms with Crippen LogP contribution < -0.4 is 40.4 Å². The van der Waals surface area contributed by atoms with Crippen molar-refractivity contribution in [1.29, 1.82) is 0 Å². The SMILES string of the molecule is [2H]c1c([2H])c([2H])c(-c2cnc(-n3c4[c-]c(Oc5[c-]c(-n6[c-][n+](-c7c(-c8cccc([Si](c9ccccc9)(c9ccccc9)c9ccccc9)c8)cc(C(C)(C)C)cc7[Si](C)(C)c7ccccc7)c7ccccc76)ccc5)ccc4c4ccccc43)cc2C([2H])([2H])C(C)(C)C)c([2H])c1[2H].[Pt]. The third-order valence-electron chi connectivity index (χ3n) is 17.3. The van der Waals surface area contributed by atoms with Gasteiger partial charge in [-0.15, -0.1) is 29.7 Å². The topological polar surface area (TPSA) is 35.9 Å². The van der Waals surface area contributed by atoms with Crippen LogP contribution in [0.3, 0.4) is 0 Å². The maximum Gasteiger partial charge on any atom is 0.268 e. The monoisotopic (exact) mass is 1400 g/mol. The Kier molecular flexibility index (Phi) is 14.2. The maximum absolute atomic E-state index is 9.66. The van der Waals surface area contributed by atoms with Crippen molar-refractivity contribution < 1.29 is 40.0 Å². The van der Waals surface area contributed by atoms with E-state index in [0.717, 1.165) is 44.1 Å². The van der Waals surface area contributed by atoms with Crippen molar-refractivity contribution in [3.63, 3.8) is 0 Å². The number of rotatable bonds is 14. The number of benzene rings is 11. The molecule has 5 nitrogen and oxygen atoms in total. The van der Waals surface area contributed by atoms with Gasteiger partial charge in [0.05, 0.1) is 23.6 Å². The summed E-state index contributed by atoms with van der Waals surface area (Å²) in [6.07, 6.45) is 3.32. The van der Waals surface area contributed by atoms with Gasteiger partial charge in [0.25, 0.3) is 6.33 Å². The molecule has 91 heavy (non-hydrogen) atoms. The van der Waals surface area contributed by atoms with Crippen LogP contribution in [0.5, 0.6) is 11.5 Å². The second-order valence-electron chi connectivity index (χ2n) is 25.8. The van der Waals surface area contributed by atoms with Crippen LogP contribution in [-0.2, 0) is 32.9 Å². The van der Waals surface area contributed by atoms with E-state index in [1.165, 1.54) is 42.9 Å². The Bertz CT molecular complexity index is 5240. The van der Waals surface area contributed by atoms with E-state index in [2.05, 4.69) is 243 Å². The van der Waals surface area contributed by atoms with Crippen LogP contribution in [0.15, 0.2) is 279 Å². The van der Waals surface area contributed by atoms with E-state index in [1.807, 2.05) is 59.2 Å². The van der Waals surface area contributed by atoms with Crippen LogP contribution in [0.25, 0.3) is 72.3 Å². The molecule has 11 aromatic carbocycles. The first-order valence-electron chi connectivity index (χ1n) is 34.2. The van der Waals surface area contributed by atoms with Gasteiger partial charge >= 0.3 is 0 Å². The van der Waals surface area contributed by atoms with Gasteiger partial charge in [0, 0.05) is 52.6 Å². The number of aromatic nitrogens is 4. The zero-order valence-corrected chi connectivity index (χ0v) is 56.5. The molecular weight excluding hydrogens is 1320 g/mol. The first-order valence-corrected chi connectivity index (χ1v) is 35.7. The number of fused-ring (bicyclic) bond motifs is 4. The largest absolute Gasteiger partial charge is 0.510 e. The third kappa shape index (κ3) is 11.4. The molecule has 0 aliphatic carbocycles. The number of hydrogen-bond acceptors (Lipinski definition) is 2. The number of nitrogens with zero attached hydrogens (tertiary/aromatic N) is 4. The number of imidazole rings is 1. The van der Waals surface area contributed by atoms with E-state index in [-0.39, 0.29) is 43.2 Å². The average molecular weight is 1400 g/mol. The van der Waals surface area contributed by atoms with E-state index >= 15 is 0 Å². The maximum atomic E-state index is 9.66. The van der Waals surface area contributed by atoms with E-state index in [4.69, 9.17) is 16.6 Å². The first-order chi connectivity index (χ1) is 46.5. The Morgan fingerprint density at radius 2 is 1.12 bits per heavy atom. The van der Waals surface area contributed by atoms with E-state index in [1.54, 1.807) is 26.8 Å². The summed E-state index contributed by atoms with van der Waals surface area (Å²) in [4.78, 5) is 4.93. The number of para-hydroxylation sites is 3. The first kappa shape index (κ1) is 52.5. The van der Waals surface area contributed by atoms with Crippen molar-refractivity contribution in [2.75, 3.05) is 0 Å². The predicted octanol–water partition coefficient (Wildman–Crippen LogP) is 16.0. The molecule has 0 aliphatic rings. The van der Waals surface area contributed by atoms with E-state index in [0.29, 0.717) is 28.5 Å². The van der Waals surface area contributed by atoms with Crippen LogP contribution in [0.4, 0.5) is 0 Å². The Hall–Kier alpha value is -9.24. The summed E-state index contributed by atoms with van der Waals surface area (Å²) < 4.78 is 75.7. The summed E-state index contributed by atoms with van der Waals surface area (Å²) in [6.45, 7) is 17.2. The van der Waals surface area contributed by atoms with E-state index in [9.17, 15) is 2.74 Å². The number of ether oxygens (including phenoxy) is 1. The molecular formula is C83H72N4OPtSi2-2. The molecule has 0 saturated carbocycles. The van der Waals surface area contributed by atoms with Crippen molar-refractivity contribution in [2.45, 2.75) is 66.4 Å². The van der Waals surface area contributed by atoms with Crippen LogP contribution in [0.2, 0.25) is 13.1 Å². The minimum absolute atomic E-state index is 0. The molecule has 0 amide bonds. The normalized spacial score (nSPS) is 13.4. The van der Waals surface area contributed by atoms with Gasteiger partial charge in [-0.3, -0.25) is 4.57 Å². The summed E-state index contributed by atoms with van der Waals surface area (Å²) in [7, 11) is -5.58. The average Bonchev–Trinajstić information content (AvgIpc) is 1.22. The van der Waals surface area contributed by atoms with Gasteiger partial charge in [-0.05, 0) is 94.2 Å². The molecule has 0 unspecified atom stereocenters. The molecule has 0 aliphatic heterocycles. The summed E-state index contributed by atoms with van der Waals surface area (Å²) in [5.74, 6) is 1.17. The molecule has 8 heteroatoms. The fourth-order valence-electron chi connectivity index (χ4n) is 13.0. The minimum Gasteiger partial charge on any atom is -0.510 e. The molecule has 14 aromatic rings. The van der Waals surface area contributed by atoms with Crippen LogP contribution >= 0.6 is 0 Å². The third-order valence-corrected chi connectivity index (χ3v) is 25.6. The quantitative estimate of drug-likeness (QED) is 0.0471. The number of hydrogen-bond donors (Lipinski definition) is 0. The van der Waals surface area contributed by atoms with Gasteiger partial charge in [0.2, 0.25) is 0 Å². The number of pyridine rings is 1. The Morgan fingerprint density at radius 1 is 0.538 bits per heavy atom. The smallest absolute Gasteiger partial charge is 0.268 e. The molecule has 0 radical (unpaired) electrons. The Labute approximate surface area is 562 Å². The second-order valence-corrected chi connectivity index (χ2v) is 33.9. The van der Waals surface area contributed by atoms with Gasteiger partial charge in [-0.25, -0.2) is 4.98 Å². The molecule has 0 spiro atoms. The molecule has 0 bridgehead atoms. The van der Waals surface area contributed by atoms with Crippen molar-refractivity contribution in [3.05, 3.63) is 309 Å². The molecule has 0 saturated heterocycles. The minimum atomic E-state index is -2.98. The zero-order chi connectivity index (χ0) is 67.9. The van der Waals surface area contributed by atoms with Crippen molar-refractivity contribution in [3.8, 4) is 50.9 Å². The van der Waals surface area contributed by atoms with Crippen LogP contribution in [0.1, 0.15) is 62.3 Å². The summed E-state index contributed by atoms with van der Waals surface area (Å²) in [5.41, 5.74) is 7.39. The van der Waals surface area contributed by atoms with Gasteiger partial charge in [0.15, 0.2) is 8.07 Å². The molecule has 14 rings (SSSR count).